The van der Waals surface area contributed by atoms with Crippen LogP contribution in [0.2, 0.25) is 0 Å². The number of nitrogens with two attached hydrogens (primary N) is 1. The molecular formula is C14H17N3O. The van der Waals surface area contributed by atoms with Crippen molar-refractivity contribution >= 4 is 22.1 Å². The lowest BCUT2D eigenvalue weighted by Crippen LogP contribution is -2.29. The van der Waals surface area contributed by atoms with Crippen molar-refractivity contribution in [2.75, 3.05) is 23.7 Å². The molecule has 18 heavy (non-hydrogen) atoms. The summed E-state index contributed by atoms with van der Waals surface area (Å²) in [5.41, 5.74) is 7.25. The molecule has 4 nitrogen and oxygen atoms in total. The lowest BCUT2D eigenvalue weighted by Gasteiger charge is -2.22. The van der Waals surface area contributed by atoms with E-state index in [9.17, 15) is 5.11 Å². The number of nitrogens with zero attached hydrogens (tertiary/aromatic N) is 2. The molecule has 1 unspecified atom stereocenters. The van der Waals surface area contributed by atoms with Crippen LogP contribution in [0.1, 0.15) is 13.3 Å². The van der Waals surface area contributed by atoms with Crippen molar-refractivity contribution in [2.45, 2.75) is 18.9 Å². The van der Waals surface area contributed by atoms with Gasteiger partial charge in [-0.15, -0.1) is 0 Å². The van der Waals surface area contributed by atoms with Gasteiger partial charge in [0.25, 0.3) is 0 Å². The third-order valence-electron chi connectivity index (χ3n) is 3.62. The van der Waals surface area contributed by atoms with Crippen LogP contribution in [-0.4, -0.2) is 28.8 Å². The molecule has 3 N–H and O–H groups in total. The van der Waals surface area contributed by atoms with Crippen LogP contribution in [0.5, 0.6) is 0 Å². The minimum absolute atomic E-state index is 0.601. The smallest absolute Gasteiger partial charge is 0.0810 e. The Labute approximate surface area is 106 Å². The summed E-state index contributed by atoms with van der Waals surface area (Å²) in [4.78, 5) is 6.38. The summed E-state index contributed by atoms with van der Waals surface area (Å²) in [6, 6.07) is 5.87. The molecular weight excluding hydrogens is 226 g/mol. The van der Waals surface area contributed by atoms with Gasteiger partial charge >= 0.3 is 0 Å². The first-order chi connectivity index (χ1) is 8.57. The normalized spacial score (nSPS) is 23.8. The number of nitrogen functional groups attached to an aromatic ring is 1. The molecule has 1 aliphatic heterocycles. The number of rotatable bonds is 1. The topological polar surface area (TPSA) is 62.4 Å². The highest BCUT2D eigenvalue weighted by Crippen LogP contribution is 2.34. The van der Waals surface area contributed by atoms with E-state index in [1.807, 2.05) is 31.3 Å². The Morgan fingerprint density at radius 3 is 2.89 bits per heavy atom. The number of pyridine rings is 1. The van der Waals surface area contributed by atoms with Crippen molar-refractivity contribution in [1.29, 1.82) is 0 Å². The second-order valence-corrected chi connectivity index (χ2v) is 5.26. The molecule has 1 aliphatic rings. The third kappa shape index (κ3) is 1.78. The number of β-amino-alcohol motifs (C(OH)–C–C–N with tert-alkyl or cyclic N) is 1. The van der Waals surface area contributed by atoms with Crippen LogP contribution in [0.25, 0.3) is 10.8 Å². The highest BCUT2D eigenvalue weighted by Gasteiger charge is 2.32. The van der Waals surface area contributed by atoms with Crippen LogP contribution >= 0.6 is 0 Å². The van der Waals surface area contributed by atoms with Gasteiger partial charge in [0, 0.05) is 47.6 Å². The van der Waals surface area contributed by atoms with Crippen LogP contribution < -0.4 is 10.6 Å². The first-order valence-electron chi connectivity index (χ1n) is 6.16. The Balaban J connectivity index is 2.11. The van der Waals surface area contributed by atoms with Gasteiger partial charge in [0.1, 0.15) is 0 Å². The maximum atomic E-state index is 10.1. The van der Waals surface area contributed by atoms with Crippen molar-refractivity contribution in [2.24, 2.45) is 0 Å². The van der Waals surface area contributed by atoms with E-state index in [-0.39, 0.29) is 0 Å². The first-order valence-corrected chi connectivity index (χ1v) is 6.16. The minimum atomic E-state index is -0.601. The summed E-state index contributed by atoms with van der Waals surface area (Å²) in [5.74, 6) is 0. The molecule has 0 saturated carbocycles. The van der Waals surface area contributed by atoms with Gasteiger partial charge in [0.15, 0.2) is 0 Å². The molecule has 0 aliphatic carbocycles. The number of benzene rings is 1. The summed E-state index contributed by atoms with van der Waals surface area (Å²) in [6.07, 6.45) is 4.38. The van der Waals surface area contributed by atoms with Gasteiger partial charge in [-0.3, -0.25) is 4.98 Å². The second kappa shape index (κ2) is 3.85. The molecule has 1 aromatic heterocycles. The van der Waals surface area contributed by atoms with E-state index in [4.69, 9.17) is 5.73 Å². The van der Waals surface area contributed by atoms with Crippen molar-refractivity contribution in [3.05, 3.63) is 30.6 Å². The Morgan fingerprint density at radius 2 is 2.17 bits per heavy atom. The molecule has 1 atom stereocenters. The Hall–Kier alpha value is -1.81. The molecule has 2 aromatic rings. The number of hydrogen-bond donors (Lipinski definition) is 2. The predicted octanol–water partition coefficient (Wildman–Crippen LogP) is 1.78. The predicted molar refractivity (Wildman–Crippen MR) is 73.6 cm³/mol. The van der Waals surface area contributed by atoms with E-state index in [2.05, 4.69) is 9.88 Å². The fraction of sp³-hybridized carbons (Fsp3) is 0.357. The fourth-order valence-corrected chi connectivity index (χ4v) is 2.63. The average molecular weight is 243 g/mol. The standard InChI is InChI=1S/C14H17N3O/c1-14(18)5-7-17(9-14)13-3-2-12(15)10-4-6-16-8-11(10)13/h2-4,6,8,18H,5,7,9,15H2,1H3. The van der Waals surface area contributed by atoms with E-state index in [1.54, 1.807) is 6.20 Å². The zero-order valence-corrected chi connectivity index (χ0v) is 10.4. The Bertz CT molecular complexity index is 595. The fourth-order valence-electron chi connectivity index (χ4n) is 2.63. The monoisotopic (exact) mass is 243 g/mol. The lowest BCUT2D eigenvalue weighted by molar-refractivity contribution is 0.0839. The average Bonchev–Trinajstić information content (AvgIpc) is 2.70. The van der Waals surface area contributed by atoms with Crippen molar-refractivity contribution < 1.29 is 5.11 Å². The molecule has 0 bridgehead atoms. The van der Waals surface area contributed by atoms with Crippen molar-refractivity contribution in [1.82, 2.24) is 4.98 Å². The molecule has 0 spiro atoms. The molecule has 2 heterocycles. The Kier molecular flexibility index (Phi) is 2.41. The summed E-state index contributed by atoms with van der Waals surface area (Å²) in [7, 11) is 0. The van der Waals surface area contributed by atoms with E-state index < -0.39 is 5.60 Å². The van der Waals surface area contributed by atoms with E-state index in [1.165, 1.54) is 0 Å². The van der Waals surface area contributed by atoms with Gasteiger partial charge in [-0.2, -0.15) is 0 Å². The maximum Gasteiger partial charge on any atom is 0.0810 e. The summed E-state index contributed by atoms with van der Waals surface area (Å²) in [5, 5.41) is 12.1. The van der Waals surface area contributed by atoms with Gasteiger partial charge < -0.3 is 15.7 Å². The van der Waals surface area contributed by atoms with Crippen molar-refractivity contribution in [3.63, 3.8) is 0 Å². The molecule has 94 valence electrons. The van der Waals surface area contributed by atoms with E-state index in [0.717, 1.165) is 35.1 Å². The first kappa shape index (κ1) is 11.3. The van der Waals surface area contributed by atoms with E-state index in [0.29, 0.717) is 6.54 Å². The number of aromatic nitrogens is 1. The van der Waals surface area contributed by atoms with Crippen LogP contribution in [-0.2, 0) is 0 Å². The zero-order chi connectivity index (χ0) is 12.8. The summed E-state index contributed by atoms with van der Waals surface area (Å²) >= 11 is 0. The number of anilines is 2. The lowest BCUT2D eigenvalue weighted by atomic mass is 10.1. The van der Waals surface area contributed by atoms with Gasteiger partial charge in [-0.25, -0.2) is 0 Å². The van der Waals surface area contributed by atoms with Crippen LogP contribution in [0.15, 0.2) is 30.6 Å². The second-order valence-electron chi connectivity index (χ2n) is 5.26. The van der Waals surface area contributed by atoms with Gasteiger partial charge in [-0.05, 0) is 31.5 Å². The quantitative estimate of drug-likeness (QED) is 0.749. The summed E-state index contributed by atoms with van der Waals surface area (Å²) in [6.45, 7) is 3.40. The van der Waals surface area contributed by atoms with Crippen LogP contribution in [0.3, 0.4) is 0 Å². The SMILES string of the molecule is CC1(O)CCN(c2ccc(N)c3ccncc23)C1. The van der Waals surface area contributed by atoms with Crippen LogP contribution in [0, 0.1) is 0 Å². The highest BCUT2D eigenvalue weighted by molar-refractivity contribution is 6.00. The Morgan fingerprint density at radius 1 is 1.33 bits per heavy atom. The molecule has 0 radical (unpaired) electrons. The van der Waals surface area contributed by atoms with Crippen LogP contribution in [0.4, 0.5) is 11.4 Å². The van der Waals surface area contributed by atoms with Crippen molar-refractivity contribution in [3.8, 4) is 0 Å². The minimum Gasteiger partial charge on any atom is -0.398 e. The molecule has 1 aromatic carbocycles. The molecule has 0 amide bonds. The zero-order valence-electron chi connectivity index (χ0n) is 10.4. The molecule has 1 saturated heterocycles. The largest absolute Gasteiger partial charge is 0.398 e. The van der Waals surface area contributed by atoms with Gasteiger partial charge in [0.05, 0.1) is 5.60 Å². The highest BCUT2D eigenvalue weighted by atomic mass is 16.3. The molecule has 4 heteroatoms. The summed E-state index contributed by atoms with van der Waals surface area (Å²) < 4.78 is 0. The molecule has 3 rings (SSSR count). The maximum absolute atomic E-state index is 10.1. The third-order valence-corrected chi connectivity index (χ3v) is 3.62. The number of aliphatic hydroxyl groups is 1. The van der Waals surface area contributed by atoms with Gasteiger partial charge in [0.2, 0.25) is 0 Å². The van der Waals surface area contributed by atoms with Gasteiger partial charge in [-0.1, -0.05) is 0 Å². The number of fused-ring (bicyclic) bond motifs is 1. The molecule has 1 fully saturated rings. The van der Waals surface area contributed by atoms with E-state index >= 15 is 0 Å². The number of hydrogen-bond acceptors (Lipinski definition) is 4.